The molecular weight excluding hydrogens is 246 g/mol. The van der Waals surface area contributed by atoms with Gasteiger partial charge in [-0.25, -0.2) is 9.78 Å². The van der Waals surface area contributed by atoms with Crippen molar-refractivity contribution in [2.75, 3.05) is 7.11 Å². The molecule has 1 aromatic carbocycles. The molecule has 1 N–H and O–H groups in total. The SMILES string of the molecule is CCc1ccc(-c2nc(COC)c(C(=O)O)o2)cc1. The molecule has 0 aliphatic carbocycles. The van der Waals surface area contributed by atoms with Gasteiger partial charge in [0.1, 0.15) is 5.69 Å². The van der Waals surface area contributed by atoms with Crippen LogP contribution in [0.3, 0.4) is 0 Å². The summed E-state index contributed by atoms with van der Waals surface area (Å²) < 4.78 is 10.2. The van der Waals surface area contributed by atoms with E-state index in [2.05, 4.69) is 11.9 Å². The van der Waals surface area contributed by atoms with Crippen LogP contribution in [0.15, 0.2) is 28.7 Å². The van der Waals surface area contributed by atoms with Crippen LogP contribution in [0.1, 0.15) is 28.7 Å². The number of oxazole rings is 1. The van der Waals surface area contributed by atoms with Gasteiger partial charge < -0.3 is 14.3 Å². The average molecular weight is 261 g/mol. The summed E-state index contributed by atoms with van der Waals surface area (Å²) in [7, 11) is 1.48. The molecule has 0 aliphatic rings. The molecule has 2 rings (SSSR count). The summed E-state index contributed by atoms with van der Waals surface area (Å²) in [4.78, 5) is 15.2. The van der Waals surface area contributed by atoms with Gasteiger partial charge in [0.2, 0.25) is 11.7 Å². The van der Waals surface area contributed by atoms with Crippen LogP contribution in [-0.4, -0.2) is 23.2 Å². The Bertz CT molecular complexity index is 572. The number of methoxy groups -OCH3 is 1. The lowest BCUT2D eigenvalue weighted by Gasteiger charge is -1.97. The van der Waals surface area contributed by atoms with Crippen LogP contribution in [-0.2, 0) is 17.8 Å². The van der Waals surface area contributed by atoms with Crippen molar-refractivity contribution in [2.45, 2.75) is 20.0 Å². The number of carboxylic acid groups (broad SMARTS) is 1. The van der Waals surface area contributed by atoms with E-state index in [4.69, 9.17) is 14.3 Å². The van der Waals surface area contributed by atoms with E-state index in [1.165, 1.54) is 12.7 Å². The van der Waals surface area contributed by atoms with E-state index in [-0.39, 0.29) is 12.4 Å². The van der Waals surface area contributed by atoms with Crippen LogP contribution in [0.4, 0.5) is 0 Å². The van der Waals surface area contributed by atoms with Crippen molar-refractivity contribution < 1.29 is 19.1 Å². The summed E-state index contributed by atoms with van der Waals surface area (Å²) in [5.41, 5.74) is 2.25. The topological polar surface area (TPSA) is 72.6 Å². The van der Waals surface area contributed by atoms with Gasteiger partial charge in [0.25, 0.3) is 0 Å². The number of nitrogens with zero attached hydrogens (tertiary/aromatic N) is 1. The first-order valence-electron chi connectivity index (χ1n) is 5.97. The second kappa shape index (κ2) is 5.67. The van der Waals surface area contributed by atoms with Gasteiger partial charge in [0.15, 0.2) is 0 Å². The number of aromatic carboxylic acids is 1. The van der Waals surface area contributed by atoms with E-state index in [1.54, 1.807) is 0 Å². The number of carboxylic acids is 1. The minimum Gasteiger partial charge on any atom is -0.475 e. The summed E-state index contributed by atoms with van der Waals surface area (Å²) in [6.07, 6.45) is 0.946. The number of rotatable bonds is 5. The molecule has 1 heterocycles. The molecule has 0 saturated heterocycles. The average Bonchev–Trinajstić information content (AvgIpc) is 2.83. The smallest absolute Gasteiger partial charge is 0.373 e. The molecule has 0 fully saturated rings. The summed E-state index contributed by atoms with van der Waals surface area (Å²) in [6.45, 7) is 2.18. The van der Waals surface area contributed by atoms with E-state index in [9.17, 15) is 4.79 Å². The zero-order valence-corrected chi connectivity index (χ0v) is 10.8. The van der Waals surface area contributed by atoms with E-state index in [1.807, 2.05) is 24.3 Å². The molecule has 2 aromatic rings. The van der Waals surface area contributed by atoms with Crippen molar-refractivity contribution in [1.29, 1.82) is 0 Å². The zero-order chi connectivity index (χ0) is 13.8. The first-order valence-corrected chi connectivity index (χ1v) is 5.97. The van der Waals surface area contributed by atoms with Crippen molar-refractivity contribution >= 4 is 5.97 Å². The Hall–Kier alpha value is -2.14. The lowest BCUT2D eigenvalue weighted by atomic mass is 10.1. The van der Waals surface area contributed by atoms with Gasteiger partial charge in [-0.3, -0.25) is 0 Å². The van der Waals surface area contributed by atoms with E-state index in [0.717, 1.165) is 12.0 Å². The van der Waals surface area contributed by atoms with Crippen molar-refractivity contribution in [2.24, 2.45) is 0 Å². The molecule has 100 valence electrons. The Kier molecular flexibility index (Phi) is 3.97. The molecule has 19 heavy (non-hydrogen) atoms. The lowest BCUT2D eigenvalue weighted by molar-refractivity contribution is 0.0656. The standard InChI is InChI=1S/C14H15NO4/c1-3-9-4-6-10(7-5-9)13-15-11(8-18-2)12(19-13)14(16)17/h4-7H,3,8H2,1-2H3,(H,16,17). The third kappa shape index (κ3) is 2.82. The normalized spacial score (nSPS) is 10.6. The largest absolute Gasteiger partial charge is 0.475 e. The van der Waals surface area contributed by atoms with E-state index < -0.39 is 5.97 Å². The van der Waals surface area contributed by atoms with Gasteiger partial charge in [0.05, 0.1) is 6.61 Å². The molecule has 0 amide bonds. The minimum absolute atomic E-state index is 0.109. The third-order valence-electron chi connectivity index (χ3n) is 2.78. The number of hydrogen-bond donors (Lipinski definition) is 1. The van der Waals surface area contributed by atoms with Crippen LogP contribution < -0.4 is 0 Å². The molecule has 0 aliphatic heterocycles. The second-order valence-electron chi connectivity index (χ2n) is 4.08. The third-order valence-corrected chi connectivity index (χ3v) is 2.78. The highest BCUT2D eigenvalue weighted by molar-refractivity contribution is 5.86. The number of ether oxygens (including phenoxy) is 1. The fraction of sp³-hybridized carbons (Fsp3) is 0.286. The quantitative estimate of drug-likeness (QED) is 0.895. The van der Waals surface area contributed by atoms with E-state index in [0.29, 0.717) is 11.6 Å². The first kappa shape index (κ1) is 13.3. The molecule has 0 saturated carbocycles. The molecule has 0 radical (unpaired) electrons. The summed E-state index contributed by atoms with van der Waals surface area (Å²) in [6, 6.07) is 7.67. The van der Waals surface area contributed by atoms with Gasteiger partial charge in [0, 0.05) is 12.7 Å². The fourth-order valence-corrected chi connectivity index (χ4v) is 1.76. The van der Waals surface area contributed by atoms with Crippen molar-refractivity contribution in [3.63, 3.8) is 0 Å². The highest BCUT2D eigenvalue weighted by atomic mass is 16.5. The number of aromatic nitrogens is 1. The highest BCUT2D eigenvalue weighted by Crippen LogP contribution is 2.23. The van der Waals surface area contributed by atoms with Crippen LogP contribution in [0.5, 0.6) is 0 Å². The van der Waals surface area contributed by atoms with Gasteiger partial charge in [-0.15, -0.1) is 0 Å². The van der Waals surface area contributed by atoms with Crippen LogP contribution in [0.25, 0.3) is 11.5 Å². The second-order valence-corrected chi connectivity index (χ2v) is 4.08. The summed E-state index contributed by atoms with van der Waals surface area (Å²) in [5, 5.41) is 9.05. The highest BCUT2D eigenvalue weighted by Gasteiger charge is 2.20. The Labute approximate surface area is 110 Å². The maximum atomic E-state index is 11.1. The zero-order valence-electron chi connectivity index (χ0n) is 10.8. The minimum atomic E-state index is -1.14. The first-order chi connectivity index (χ1) is 9.15. The van der Waals surface area contributed by atoms with E-state index >= 15 is 0 Å². The fourth-order valence-electron chi connectivity index (χ4n) is 1.76. The van der Waals surface area contributed by atoms with Gasteiger partial charge in [-0.2, -0.15) is 0 Å². The predicted molar refractivity (Wildman–Crippen MR) is 69.0 cm³/mol. The maximum Gasteiger partial charge on any atom is 0.373 e. The summed E-state index contributed by atoms with van der Waals surface area (Å²) >= 11 is 0. The molecular formula is C14H15NO4. The monoisotopic (exact) mass is 261 g/mol. The lowest BCUT2D eigenvalue weighted by Crippen LogP contribution is -2.00. The predicted octanol–water partition coefficient (Wildman–Crippen LogP) is 2.75. The molecule has 5 heteroatoms. The molecule has 5 nitrogen and oxygen atoms in total. The number of benzene rings is 1. The molecule has 1 aromatic heterocycles. The molecule has 0 unspecified atom stereocenters. The number of hydrogen-bond acceptors (Lipinski definition) is 4. The van der Waals surface area contributed by atoms with Gasteiger partial charge in [-0.1, -0.05) is 19.1 Å². The maximum absolute atomic E-state index is 11.1. The Balaban J connectivity index is 2.38. The number of carbonyl (C=O) groups is 1. The van der Waals surface area contributed by atoms with Gasteiger partial charge in [-0.05, 0) is 24.1 Å². The van der Waals surface area contributed by atoms with Crippen LogP contribution in [0.2, 0.25) is 0 Å². The Morgan fingerprint density at radius 3 is 2.58 bits per heavy atom. The molecule has 0 spiro atoms. The van der Waals surface area contributed by atoms with Crippen molar-refractivity contribution in [3.8, 4) is 11.5 Å². The Morgan fingerprint density at radius 1 is 1.37 bits per heavy atom. The number of aryl methyl sites for hydroxylation is 1. The molecule has 0 atom stereocenters. The van der Waals surface area contributed by atoms with Crippen molar-refractivity contribution in [1.82, 2.24) is 4.98 Å². The van der Waals surface area contributed by atoms with Gasteiger partial charge >= 0.3 is 5.97 Å². The van der Waals surface area contributed by atoms with Crippen LogP contribution >= 0.6 is 0 Å². The Morgan fingerprint density at radius 2 is 2.05 bits per heavy atom. The molecule has 0 bridgehead atoms. The van der Waals surface area contributed by atoms with Crippen LogP contribution in [0, 0.1) is 0 Å². The van der Waals surface area contributed by atoms with Crippen molar-refractivity contribution in [3.05, 3.63) is 41.3 Å². The summed E-state index contributed by atoms with van der Waals surface area (Å²) in [5.74, 6) is -1.01.